The molecule has 7 heteroatoms. The normalized spacial score (nSPS) is 12.3. The summed E-state index contributed by atoms with van der Waals surface area (Å²) < 4.78 is 11.5. The number of carbonyl (C=O) groups is 2. The van der Waals surface area contributed by atoms with E-state index in [1.165, 1.54) is 0 Å². The largest absolute Gasteiger partial charge is 0.493 e. The lowest BCUT2D eigenvalue weighted by atomic mass is 9.95. The van der Waals surface area contributed by atoms with E-state index in [1.54, 1.807) is 23.3 Å². The molecule has 1 aromatic carbocycles. The minimum atomic E-state index is -0.813. The molecule has 1 aromatic heterocycles. The number of carbonyl (C=O) groups excluding carboxylic acids is 1. The maximum Gasteiger partial charge on any atom is 0.410 e. The zero-order valence-electron chi connectivity index (χ0n) is 19.9. The van der Waals surface area contributed by atoms with Crippen LogP contribution in [-0.2, 0) is 16.1 Å². The predicted molar refractivity (Wildman–Crippen MR) is 129 cm³/mol. The first-order valence-corrected chi connectivity index (χ1v) is 11.9. The van der Waals surface area contributed by atoms with Crippen LogP contribution in [0.25, 0.3) is 11.1 Å². The van der Waals surface area contributed by atoms with Gasteiger partial charge in [-0.15, -0.1) is 11.3 Å². The van der Waals surface area contributed by atoms with Crippen LogP contribution in [0.15, 0.2) is 29.6 Å². The van der Waals surface area contributed by atoms with E-state index in [1.807, 2.05) is 45.9 Å². The van der Waals surface area contributed by atoms with Gasteiger partial charge >= 0.3 is 12.1 Å². The van der Waals surface area contributed by atoms with Crippen molar-refractivity contribution < 1.29 is 24.2 Å². The quantitative estimate of drug-likeness (QED) is 0.407. The first kappa shape index (κ1) is 25.7. The molecule has 0 bridgehead atoms. The molecule has 2 aromatic rings. The van der Waals surface area contributed by atoms with Crippen LogP contribution in [0.3, 0.4) is 0 Å². The van der Waals surface area contributed by atoms with Gasteiger partial charge in [0.1, 0.15) is 11.4 Å². The Morgan fingerprint density at radius 1 is 1.22 bits per heavy atom. The van der Waals surface area contributed by atoms with Gasteiger partial charge in [0.25, 0.3) is 0 Å². The maximum absolute atomic E-state index is 12.3. The molecule has 1 N–H and O–H groups in total. The fourth-order valence-corrected chi connectivity index (χ4v) is 4.09. The van der Waals surface area contributed by atoms with Gasteiger partial charge in [0.05, 0.1) is 19.6 Å². The SMILES string of the molecule is CCCCOc1cc(C(C)CC(=O)O)ccc1-c1csc(CN(C)C(=O)OC(C)(C)C)c1. The zero-order chi connectivity index (χ0) is 23.9. The number of carboxylic acid groups (broad SMARTS) is 1. The topological polar surface area (TPSA) is 76.1 Å². The highest BCUT2D eigenvalue weighted by molar-refractivity contribution is 7.10. The Labute approximate surface area is 195 Å². The Morgan fingerprint density at radius 3 is 2.56 bits per heavy atom. The van der Waals surface area contributed by atoms with Crippen molar-refractivity contribution in [2.75, 3.05) is 13.7 Å². The maximum atomic E-state index is 12.3. The summed E-state index contributed by atoms with van der Waals surface area (Å²) in [5.74, 6) is -0.153. The molecule has 32 heavy (non-hydrogen) atoms. The molecule has 2 rings (SSSR count). The molecule has 1 amide bonds. The number of aliphatic carboxylic acids is 1. The lowest BCUT2D eigenvalue weighted by Gasteiger charge is -2.24. The molecular formula is C25H35NO5S. The van der Waals surface area contributed by atoms with Crippen LogP contribution in [0, 0.1) is 0 Å². The summed E-state index contributed by atoms with van der Waals surface area (Å²) in [6.07, 6.45) is 1.70. The van der Waals surface area contributed by atoms with E-state index in [4.69, 9.17) is 14.6 Å². The number of hydrogen-bond donors (Lipinski definition) is 1. The number of amides is 1. The van der Waals surface area contributed by atoms with Gasteiger partial charge in [-0.2, -0.15) is 0 Å². The predicted octanol–water partition coefficient (Wildman–Crippen LogP) is 6.54. The Morgan fingerprint density at radius 2 is 1.94 bits per heavy atom. The lowest BCUT2D eigenvalue weighted by molar-refractivity contribution is -0.137. The van der Waals surface area contributed by atoms with Crippen LogP contribution in [0.5, 0.6) is 5.75 Å². The van der Waals surface area contributed by atoms with Crippen molar-refractivity contribution in [3.8, 4) is 16.9 Å². The number of carboxylic acids is 1. The third-order valence-electron chi connectivity index (χ3n) is 4.87. The second-order valence-electron chi connectivity index (χ2n) is 9.09. The Bertz CT molecular complexity index is 915. The Kier molecular flexibility index (Phi) is 9.13. The van der Waals surface area contributed by atoms with E-state index in [2.05, 4.69) is 18.4 Å². The average Bonchev–Trinajstić information content (AvgIpc) is 3.14. The molecule has 0 fully saturated rings. The van der Waals surface area contributed by atoms with Gasteiger partial charge < -0.3 is 19.5 Å². The Hall–Kier alpha value is -2.54. The molecule has 0 saturated heterocycles. The third-order valence-corrected chi connectivity index (χ3v) is 5.80. The standard InChI is InChI=1S/C25H35NO5S/c1-7-8-11-30-22-14-18(17(2)12-23(27)28)9-10-21(22)19-13-20(32-16-19)15-26(6)24(29)31-25(3,4)5/h9-10,13-14,16-17H,7-8,11-12,15H2,1-6H3,(H,27,28). The number of thiophene rings is 1. The summed E-state index contributed by atoms with van der Waals surface area (Å²) in [5, 5.41) is 11.2. The zero-order valence-corrected chi connectivity index (χ0v) is 20.8. The second kappa shape index (κ2) is 11.4. The van der Waals surface area contributed by atoms with E-state index in [0.29, 0.717) is 13.2 Å². The highest BCUT2D eigenvalue weighted by Gasteiger charge is 2.20. The molecule has 0 aliphatic carbocycles. The highest BCUT2D eigenvalue weighted by Crippen LogP contribution is 2.36. The minimum absolute atomic E-state index is 0.0767. The molecular weight excluding hydrogens is 426 g/mol. The van der Waals surface area contributed by atoms with E-state index >= 15 is 0 Å². The molecule has 1 heterocycles. The van der Waals surface area contributed by atoms with Gasteiger partial charge in [-0.3, -0.25) is 4.79 Å². The van der Waals surface area contributed by atoms with Gasteiger partial charge in [-0.1, -0.05) is 32.4 Å². The van der Waals surface area contributed by atoms with Crippen LogP contribution in [0.4, 0.5) is 4.79 Å². The number of nitrogens with zero attached hydrogens (tertiary/aromatic N) is 1. The number of unbranched alkanes of at least 4 members (excludes halogenated alkanes) is 1. The van der Waals surface area contributed by atoms with Crippen molar-refractivity contribution >= 4 is 23.4 Å². The second-order valence-corrected chi connectivity index (χ2v) is 10.1. The van der Waals surface area contributed by atoms with Crippen molar-refractivity contribution in [1.29, 1.82) is 0 Å². The molecule has 1 unspecified atom stereocenters. The van der Waals surface area contributed by atoms with Gasteiger partial charge in [0.2, 0.25) is 0 Å². The van der Waals surface area contributed by atoms with Crippen molar-refractivity contribution in [2.45, 2.75) is 71.9 Å². The van der Waals surface area contributed by atoms with E-state index < -0.39 is 11.6 Å². The minimum Gasteiger partial charge on any atom is -0.493 e. The van der Waals surface area contributed by atoms with Gasteiger partial charge in [0, 0.05) is 17.5 Å². The summed E-state index contributed by atoms with van der Waals surface area (Å²) in [6.45, 7) is 10.6. The van der Waals surface area contributed by atoms with Gasteiger partial charge in [-0.05, 0) is 61.7 Å². The summed E-state index contributed by atoms with van der Waals surface area (Å²) in [5.41, 5.74) is 2.40. The van der Waals surface area contributed by atoms with Gasteiger partial charge in [-0.25, -0.2) is 4.79 Å². The fraction of sp³-hybridized carbons (Fsp3) is 0.520. The summed E-state index contributed by atoms with van der Waals surface area (Å²) in [7, 11) is 1.73. The molecule has 1 atom stereocenters. The van der Waals surface area contributed by atoms with E-state index in [-0.39, 0.29) is 18.4 Å². The van der Waals surface area contributed by atoms with Gasteiger partial charge in [0.15, 0.2) is 0 Å². The molecule has 0 spiro atoms. The molecule has 6 nitrogen and oxygen atoms in total. The molecule has 0 aliphatic rings. The number of benzene rings is 1. The fourth-order valence-electron chi connectivity index (χ4n) is 3.15. The molecule has 0 radical (unpaired) electrons. The third kappa shape index (κ3) is 7.86. The van der Waals surface area contributed by atoms with Crippen LogP contribution in [0.1, 0.15) is 70.2 Å². The van der Waals surface area contributed by atoms with Crippen LogP contribution in [0.2, 0.25) is 0 Å². The highest BCUT2D eigenvalue weighted by atomic mass is 32.1. The number of ether oxygens (including phenoxy) is 2. The van der Waals surface area contributed by atoms with Crippen LogP contribution in [-0.4, -0.2) is 41.3 Å². The number of hydrogen-bond acceptors (Lipinski definition) is 5. The first-order chi connectivity index (χ1) is 15.0. The van der Waals surface area contributed by atoms with Crippen LogP contribution >= 0.6 is 11.3 Å². The van der Waals surface area contributed by atoms with Crippen molar-refractivity contribution in [2.24, 2.45) is 0 Å². The van der Waals surface area contributed by atoms with Crippen molar-refractivity contribution in [1.82, 2.24) is 4.90 Å². The summed E-state index contributed by atoms with van der Waals surface area (Å²) in [4.78, 5) is 26.0. The van der Waals surface area contributed by atoms with E-state index in [9.17, 15) is 9.59 Å². The summed E-state index contributed by atoms with van der Waals surface area (Å²) in [6, 6.07) is 7.99. The molecule has 0 aliphatic heterocycles. The smallest absolute Gasteiger partial charge is 0.410 e. The first-order valence-electron chi connectivity index (χ1n) is 11.0. The van der Waals surface area contributed by atoms with Crippen molar-refractivity contribution in [3.05, 3.63) is 40.1 Å². The molecule has 0 saturated carbocycles. The Balaban J connectivity index is 2.23. The number of rotatable bonds is 10. The molecule has 176 valence electrons. The van der Waals surface area contributed by atoms with E-state index in [0.717, 1.165) is 40.2 Å². The summed E-state index contributed by atoms with van der Waals surface area (Å²) >= 11 is 1.58. The average molecular weight is 462 g/mol. The van der Waals surface area contributed by atoms with Crippen molar-refractivity contribution in [3.63, 3.8) is 0 Å². The lowest BCUT2D eigenvalue weighted by Crippen LogP contribution is -2.33. The van der Waals surface area contributed by atoms with Crippen LogP contribution < -0.4 is 4.74 Å². The monoisotopic (exact) mass is 461 g/mol.